The van der Waals surface area contributed by atoms with Gasteiger partial charge in [0.05, 0.1) is 16.8 Å². The Morgan fingerprint density at radius 1 is 1.27 bits per heavy atom. The van der Waals surface area contributed by atoms with Crippen molar-refractivity contribution in [3.8, 4) is 0 Å². The molecule has 2 atom stereocenters. The van der Waals surface area contributed by atoms with Crippen molar-refractivity contribution in [3.63, 3.8) is 0 Å². The Bertz CT molecular complexity index is 627. The second-order valence-electron chi connectivity index (χ2n) is 5.82. The fraction of sp³-hybridized carbons (Fsp3) is 0.471. The van der Waals surface area contributed by atoms with Gasteiger partial charge in [-0.15, -0.1) is 11.3 Å². The number of hydrogen-bond donors (Lipinski definition) is 2. The summed E-state index contributed by atoms with van der Waals surface area (Å²) in [6, 6.07) is 6.40. The number of benzene rings is 1. The van der Waals surface area contributed by atoms with E-state index in [1.165, 1.54) is 10.9 Å². The zero-order valence-electron chi connectivity index (χ0n) is 13.4. The van der Waals surface area contributed by atoms with Crippen LogP contribution in [0.15, 0.2) is 24.3 Å². The minimum atomic E-state index is -0.860. The summed E-state index contributed by atoms with van der Waals surface area (Å²) in [5.41, 5.74) is 1.35. The first-order valence-corrected chi connectivity index (χ1v) is 8.35. The highest BCUT2D eigenvalue weighted by atomic mass is 32.1. The second-order valence-corrected chi connectivity index (χ2v) is 6.89. The Hall–Kier alpha value is -1.30. The third kappa shape index (κ3) is 3.91. The maximum absolute atomic E-state index is 13.6. The predicted molar refractivity (Wildman–Crippen MR) is 88.7 cm³/mol. The number of rotatable bonds is 6. The normalized spacial score (nSPS) is 14.3. The van der Waals surface area contributed by atoms with Crippen molar-refractivity contribution in [3.05, 3.63) is 51.2 Å². The standard InChI is InChI=1S/C17H23FN2OS/c1-10(2)17-20-12(4)16(22-17)11(3)19-9-15(21)13-7-5-6-8-14(13)18/h5-8,10-11,15,19,21H,9H2,1-4H3. The van der Waals surface area contributed by atoms with E-state index in [1.54, 1.807) is 29.5 Å². The molecule has 0 amide bonds. The average Bonchev–Trinajstić information content (AvgIpc) is 2.87. The molecule has 2 rings (SSSR count). The summed E-state index contributed by atoms with van der Waals surface area (Å²) in [6.07, 6.45) is -0.860. The average molecular weight is 322 g/mol. The van der Waals surface area contributed by atoms with Crippen LogP contribution in [0.25, 0.3) is 0 Å². The summed E-state index contributed by atoms with van der Waals surface area (Å²) in [6.45, 7) is 8.60. The van der Waals surface area contributed by atoms with Gasteiger partial charge in [-0.3, -0.25) is 0 Å². The molecule has 1 aromatic heterocycles. The van der Waals surface area contributed by atoms with E-state index < -0.39 is 6.10 Å². The van der Waals surface area contributed by atoms with Gasteiger partial charge in [0, 0.05) is 28.9 Å². The predicted octanol–water partition coefficient (Wildman–Crippen LogP) is 4.10. The van der Waals surface area contributed by atoms with Crippen molar-refractivity contribution in [2.45, 2.75) is 45.8 Å². The first-order valence-electron chi connectivity index (χ1n) is 7.53. The number of aliphatic hydroxyl groups excluding tert-OH is 1. The molecule has 0 saturated heterocycles. The second kappa shape index (κ2) is 7.31. The van der Waals surface area contributed by atoms with E-state index in [4.69, 9.17) is 0 Å². The number of hydrogen-bond acceptors (Lipinski definition) is 4. The molecule has 2 aromatic rings. The third-order valence-electron chi connectivity index (χ3n) is 3.62. The van der Waals surface area contributed by atoms with Gasteiger partial charge in [-0.2, -0.15) is 0 Å². The summed E-state index contributed by atoms with van der Waals surface area (Å²) in [5, 5.41) is 14.5. The fourth-order valence-corrected chi connectivity index (χ4v) is 3.41. The lowest BCUT2D eigenvalue weighted by Crippen LogP contribution is -2.25. The molecule has 120 valence electrons. The molecule has 0 aliphatic heterocycles. The molecule has 0 radical (unpaired) electrons. The molecule has 3 nitrogen and oxygen atoms in total. The smallest absolute Gasteiger partial charge is 0.129 e. The topological polar surface area (TPSA) is 45.2 Å². The van der Waals surface area contributed by atoms with Crippen LogP contribution in [0, 0.1) is 12.7 Å². The molecule has 0 fully saturated rings. The largest absolute Gasteiger partial charge is 0.387 e. The van der Waals surface area contributed by atoms with E-state index in [-0.39, 0.29) is 11.9 Å². The van der Waals surface area contributed by atoms with Crippen LogP contribution in [0.5, 0.6) is 0 Å². The maximum Gasteiger partial charge on any atom is 0.129 e. The quantitative estimate of drug-likeness (QED) is 0.841. The third-order valence-corrected chi connectivity index (χ3v) is 5.26. The maximum atomic E-state index is 13.6. The van der Waals surface area contributed by atoms with E-state index in [2.05, 4.69) is 24.1 Å². The van der Waals surface area contributed by atoms with Gasteiger partial charge in [0.1, 0.15) is 5.82 Å². The van der Waals surface area contributed by atoms with E-state index in [1.807, 2.05) is 13.8 Å². The van der Waals surface area contributed by atoms with Gasteiger partial charge in [-0.1, -0.05) is 32.0 Å². The minimum Gasteiger partial charge on any atom is -0.387 e. The number of nitrogens with one attached hydrogen (secondary N) is 1. The lowest BCUT2D eigenvalue weighted by Gasteiger charge is -2.17. The van der Waals surface area contributed by atoms with Crippen LogP contribution in [0.2, 0.25) is 0 Å². The molecule has 2 N–H and O–H groups in total. The Labute approximate surface area is 135 Å². The molecule has 1 heterocycles. The zero-order valence-corrected chi connectivity index (χ0v) is 14.2. The molecule has 0 saturated carbocycles. The molecule has 2 unspecified atom stereocenters. The molecular weight excluding hydrogens is 299 g/mol. The molecule has 0 spiro atoms. The Morgan fingerprint density at radius 2 is 1.95 bits per heavy atom. The van der Waals surface area contributed by atoms with Crippen LogP contribution in [0.4, 0.5) is 4.39 Å². The van der Waals surface area contributed by atoms with Crippen LogP contribution in [-0.4, -0.2) is 16.6 Å². The van der Waals surface area contributed by atoms with E-state index in [0.717, 1.165) is 10.7 Å². The molecule has 0 bridgehead atoms. The van der Waals surface area contributed by atoms with Crippen LogP contribution in [0.3, 0.4) is 0 Å². The molecule has 5 heteroatoms. The highest BCUT2D eigenvalue weighted by molar-refractivity contribution is 7.11. The van der Waals surface area contributed by atoms with Crippen molar-refractivity contribution in [1.29, 1.82) is 0 Å². The molecule has 1 aromatic carbocycles. The monoisotopic (exact) mass is 322 g/mol. The lowest BCUT2D eigenvalue weighted by atomic mass is 10.1. The summed E-state index contributed by atoms with van der Waals surface area (Å²) >= 11 is 1.70. The van der Waals surface area contributed by atoms with Gasteiger partial charge in [0.25, 0.3) is 0 Å². The van der Waals surface area contributed by atoms with Crippen LogP contribution in [0.1, 0.15) is 60.0 Å². The molecule has 0 aliphatic rings. The highest BCUT2D eigenvalue weighted by Crippen LogP contribution is 2.29. The van der Waals surface area contributed by atoms with Gasteiger partial charge in [-0.25, -0.2) is 9.37 Å². The number of aliphatic hydroxyl groups is 1. The van der Waals surface area contributed by atoms with Crippen molar-refractivity contribution in [2.24, 2.45) is 0 Å². The van der Waals surface area contributed by atoms with E-state index in [9.17, 15) is 9.50 Å². The van der Waals surface area contributed by atoms with Gasteiger partial charge >= 0.3 is 0 Å². The van der Waals surface area contributed by atoms with Crippen molar-refractivity contribution >= 4 is 11.3 Å². The molecular formula is C17H23FN2OS. The van der Waals surface area contributed by atoms with Crippen LogP contribution >= 0.6 is 11.3 Å². The van der Waals surface area contributed by atoms with Crippen molar-refractivity contribution < 1.29 is 9.50 Å². The number of aryl methyl sites for hydroxylation is 1. The van der Waals surface area contributed by atoms with Crippen molar-refractivity contribution in [2.75, 3.05) is 6.54 Å². The first kappa shape index (κ1) is 17.1. The van der Waals surface area contributed by atoms with Crippen LogP contribution < -0.4 is 5.32 Å². The summed E-state index contributed by atoms with van der Waals surface area (Å²) in [7, 11) is 0. The number of nitrogens with zero attached hydrogens (tertiary/aromatic N) is 1. The van der Waals surface area contributed by atoms with E-state index in [0.29, 0.717) is 18.0 Å². The van der Waals surface area contributed by atoms with Crippen LogP contribution in [-0.2, 0) is 0 Å². The fourth-order valence-electron chi connectivity index (χ4n) is 2.31. The summed E-state index contributed by atoms with van der Waals surface area (Å²) in [5.74, 6) is 0.0363. The minimum absolute atomic E-state index is 0.0754. The van der Waals surface area contributed by atoms with Gasteiger partial charge in [0.15, 0.2) is 0 Å². The SMILES string of the molecule is Cc1nc(C(C)C)sc1C(C)NCC(O)c1ccccc1F. The molecule has 0 aliphatic carbocycles. The Morgan fingerprint density at radius 3 is 2.55 bits per heavy atom. The van der Waals surface area contributed by atoms with Crippen molar-refractivity contribution in [1.82, 2.24) is 10.3 Å². The zero-order chi connectivity index (χ0) is 16.3. The molecule has 22 heavy (non-hydrogen) atoms. The van der Waals surface area contributed by atoms with E-state index >= 15 is 0 Å². The summed E-state index contributed by atoms with van der Waals surface area (Å²) < 4.78 is 13.6. The lowest BCUT2D eigenvalue weighted by molar-refractivity contribution is 0.166. The number of halogens is 1. The van der Waals surface area contributed by atoms with Gasteiger partial charge in [0.2, 0.25) is 0 Å². The Kier molecular flexibility index (Phi) is 5.67. The van der Waals surface area contributed by atoms with Gasteiger partial charge < -0.3 is 10.4 Å². The highest BCUT2D eigenvalue weighted by Gasteiger charge is 2.18. The van der Waals surface area contributed by atoms with Gasteiger partial charge in [-0.05, 0) is 19.9 Å². The Balaban J connectivity index is 2.01. The first-order chi connectivity index (χ1) is 10.4. The number of aromatic nitrogens is 1. The summed E-state index contributed by atoms with van der Waals surface area (Å²) in [4.78, 5) is 5.76. The number of thiazole rings is 1.